The third kappa shape index (κ3) is 3.19. The van der Waals surface area contributed by atoms with Gasteiger partial charge < -0.3 is 5.73 Å². The van der Waals surface area contributed by atoms with Crippen molar-refractivity contribution in [3.8, 4) is 0 Å². The van der Waals surface area contributed by atoms with Crippen molar-refractivity contribution in [3.05, 3.63) is 11.6 Å². The van der Waals surface area contributed by atoms with Gasteiger partial charge in [0.15, 0.2) is 5.78 Å². The van der Waals surface area contributed by atoms with Crippen molar-refractivity contribution < 1.29 is 4.79 Å². The normalized spacial score (nSPS) is 24.2. The molecule has 2 rings (SSSR count). The molecule has 0 saturated heterocycles. The van der Waals surface area contributed by atoms with E-state index in [1.807, 2.05) is 0 Å². The molecule has 0 unspecified atom stereocenters. The van der Waals surface area contributed by atoms with Crippen LogP contribution in [0.15, 0.2) is 11.6 Å². The van der Waals surface area contributed by atoms with Crippen LogP contribution in [0, 0.1) is 5.41 Å². The van der Waals surface area contributed by atoms with Gasteiger partial charge >= 0.3 is 0 Å². The predicted octanol–water partition coefficient (Wildman–Crippen LogP) is 3.36. The average molecular weight is 235 g/mol. The summed E-state index contributed by atoms with van der Waals surface area (Å²) in [4.78, 5) is 12.3. The first-order valence-corrected chi connectivity index (χ1v) is 7.18. The lowest BCUT2D eigenvalue weighted by Gasteiger charge is -2.36. The number of hydrogen-bond donors (Lipinski definition) is 1. The predicted molar refractivity (Wildman–Crippen MR) is 70.7 cm³/mol. The van der Waals surface area contributed by atoms with E-state index in [2.05, 4.69) is 6.08 Å². The van der Waals surface area contributed by atoms with Crippen LogP contribution in [-0.4, -0.2) is 12.3 Å². The highest BCUT2D eigenvalue weighted by Crippen LogP contribution is 2.39. The second kappa shape index (κ2) is 5.81. The molecule has 0 aromatic heterocycles. The smallest absolute Gasteiger partial charge is 0.159 e. The minimum Gasteiger partial charge on any atom is -0.330 e. The van der Waals surface area contributed by atoms with Crippen LogP contribution in [0.3, 0.4) is 0 Å². The summed E-state index contributed by atoms with van der Waals surface area (Å²) in [6.07, 6.45) is 13.5. The molecule has 0 aromatic rings. The van der Waals surface area contributed by atoms with Gasteiger partial charge in [-0.2, -0.15) is 0 Å². The molecule has 2 heteroatoms. The Morgan fingerprint density at radius 1 is 1.18 bits per heavy atom. The van der Waals surface area contributed by atoms with Crippen molar-refractivity contribution in [2.45, 2.75) is 64.2 Å². The Labute approximate surface area is 105 Å². The zero-order chi connectivity index (χ0) is 12.1. The van der Waals surface area contributed by atoms with E-state index >= 15 is 0 Å². The lowest BCUT2D eigenvalue weighted by Crippen LogP contribution is -2.35. The van der Waals surface area contributed by atoms with Crippen LogP contribution in [0.25, 0.3) is 0 Å². The number of allylic oxidation sites excluding steroid dienone is 2. The van der Waals surface area contributed by atoms with Crippen molar-refractivity contribution in [3.63, 3.8) is 0 Å². The van der Waals surface area contributed by atoms with Gasteiger partial charge in [0.2, 0.25) is 0 Å². The molecule has 0 atom stereocenters. The molecule has 1 saturated carbocycles. The maximum absolute atomic E-state index is 12.3. The summed E-state index contributed by atoms with van der Waals surface area (Å²) < 4.78 is 0. The molecule has 2 nitrogen and oxygen atoms in total. The third-order valence-corrected chi connectivity index (χ3v) is 4.53. The van der Waals surface area contributed by atoms with E-state index in [1.165, 1.54) is 32.1 Å². The SMILES string of the molecule is NCC1(CC(=O)C2=CCCCC2)CCCCC1. The van der Waals surface area contributed by atoms with E-state index < -0.39 is 0 Å². The summed E-state index contributed by atoms with van der Waals surface area (Å²) >= 11 is 0. The van der Waals surface area contributed by atoms with E-state index in [0.717, 1.165) is 31.3 Å². The Kier molecular flexibility index (Phi) is 4.38. The van der Waals surface area contributed by atoms with E-state index in [4.69, 9.17) is 5.73 Å². The lowest BCUT2D eigenvalue weighted by molar-refractivity contribution is -0.118. The number of ketones is 1. The van der Waals surface area contributed by atoms with Gasteiger partial charge in [0.05, 0.1) is 0 Å². The largest absolute Gasteiger partial charge is 0.330 e. The summed E-state index contributed by atoms with van der Waals surface area (Å²) in [5.41, 5.74) is 7.17. The van der Waals surface area contributed by atoms with E-state index in [0.29, 0.717) is 18.7 Å². The van der Waals surface area contributed by atoms with Crippen molar-refractivity contribution in [1.29, 1.82) is 0 Å². The van der Waals surface area contributed by atoms with Crippen LogP contribution in [0.1, 0.15) is 64.2 Å². The van der Waals surface area contributed by atoms with Gasteiger partial charge in [0, 0.05) is 6.42 Å². The molecule has 0 bridgehead atoms. The Bertz CT molecular complexity index is 300. The molecule has 0 heterocycles. The van der Waals surface area contributed by atoms with Gasteiger partial charge in [0.1, 0.15) is 0 Å². The molecular formula is C15H25NO. The summed E-state index contributed by atoms with van der Waals surface area (Å²) in [6.45, 7) is 0.687. The summed E-state index contributed by atoms with van der Waals surface area (Å²) in [5.74, 6) is 0.386. The molecule has 0 aromatic carbocycles. The molecule has 0 spiro atoms. The van der Waals surface area contributed by atoms with Gasteiger partial charge in [0.25, 0.3) is 0 Å². The van der Waals surface area contributed by atoms with Gasteiger partial charge in [-0.1, -0.05) is 25.3 Å². The maximum atomic E-state index is 12.3. The van der Waals surface area contributed by atoms with Crippen molar-refractivity contribution >= 4 is 5.78 Å². The number of hydrogen-bond acceptors (Lipinski definition) is 2. The monoisotopic (exact) mass is 235 g/mol. The Balaban J connectivity index is 1.97. The van der Waals surface area contributed by atoms with Crippen LogP contribution >= 0.6 is 0 Å². The standard InChI is InChI=1S/C15H25NO/c16-12-15(9-5-2-6-10-15)11-14(17)13-7-3-1-4-8-13/h7H,1-6,8-12,16H2. The number of nitrogens with two attached hydrogens (primary N) is 1. The molecule has 96 valence electrons. The highest BCUT2D eigenvalue weighted by Gasteiger charge is 2.33. The first kappa shape index (κ1) is 12.8. The summed E-state index contributed by atoms with van der Waals surface area (Å²) in [6, 6.07) is 0. The third-order valence-electron chi connectivity index (χ3n) is 4.53. The minimum atomic E-state index is 0.133. The number of carbonyl (C=O) groups is 1. The van der Waals surface area contributed by atoms with Crippen molar-refractivity contribution in [2.75, 3.05) is 6.54 Å². The molecule has 2 aliphatic rings. The highest BCUT2D eigenvalue weighted by atomic mass is 16.1. The quantitative estimate of drug-likeness (QED) is 0.812. The molecule has 17 heavy (non-hydrogen) atoms. The Hall–Kier alpha value is -0.630. The Morgan fingerprint density at radius 3 is 2.53 bits per heavy atom. The van der Waals surface area contributed by atoms with Crippen LogP contribution in [0.4, 0.5) is 0 Å². The molecule has 1 fully saturated rings. The maximum Gasteiger partial charge on any atom is 0.159 e. The second-order valence-corrected chi connectivity index (χ2v) is 5.84. The molecule has 2 aliphatic carbocycles. The fourth-order valence-electron chi connectivity index (χ4n) is 3.30. The minimum absolute atomic E-state index is 0.133. The van der Waals surface area contributed by atoms with Crippen LogP contribution in [0.2, 0.25) is 0 Å². The van der Waals surface area contributed by atoms with E-state index in [-0.39, 0.29) is 5.41 Å². The number of rotatable bonds is 4. The van der Waals surface area contributed by atoms with Crippen LogP contribution in [0.5, 0.6) is 0 Å². The van der Waals surface area contributed by atoms with E-state index in [9.17, 15) is 4.79 Å². The Morgan fingerprint density at radius 2 is 1.94 bits per heavy atom. The summed E-state index contributed by atoms with van der Waals surface area (Å²) in [5, 5.41) is 0. The van der Waals surface area contributed by atoms with Gasteiger partial charge in [-0.05, 0) is 56.1 Å². The average Bonchev–Trinajstić information content (AvgIpc) is 2.41. The van der Waals surface area contributed by atoms with Gasteiger partial charge in [-0.25, -0.2) is 0 Å². The highest BCUT2D eigenvalue weighted by molar-refractivity contribution is 5.95. The molecule has 0 aliphatic heterocycles. The van der Waals surface area contributed by atoms with Gasteiger partial charge in [-0.15, -0.1) is 0 Å². The zero-order valence-electron chi connectivity index (χ0n) is 10.8. The molecule has 2 N–H and O–H groups in total. The van der Waals surface area contributed by atoms with Crippen molar-refractivity contribution in [1.82, 2.24) is 0 Å². The zero-order valence-corrected chi connectivity index (χ0v) is 10.8. The fraction of sp³-hybridized carbons (Fsp3) is 0.800. The molecule has 0 amide bonds. The first-order valence-electron chi connectivity index (χ1n) is 7.18. The second-order valence-electron chi connectivity index (χ2n) is 5.84. The van der Waals surface area contributed by atoms with Gasteiger partial charge in [-0.3, -0.25) is 4.79 Å². The molecular weight excluding hydrogens is 210 g/mol. The number of Topliss-reactive ketones (excluding diaryl/α,β-unsaturated/α-hetero) is 1. The molecule has 0 radical (unpaired) electrons. The topological polar surface area (TPSA) is 43.1 Å². The number of carbonyl (C=O) groups excluding carboxylic acids is 1. The summed E-state index contributed by atoms with van der Waals surface area (Å²) in [7, 11) is 0. The van der Waals surface area contributed by atoms with Crippen LogP contribution < -0.4 is 5.73 Å². The fourth-order valence-corrected chi connectivity index (χ4v) is 3.30. The first-order chi connectivity index (χ1) is 8.26. The van der Waals surface area contributed by atoms with E-state index in [1.54, 1.807) is 0 Å². The van der Waals surface area contributed by atoms with Crippen LogP contribution in [-0.2, 0) is 4.79 Å². The van der Waals surface area contributed by atoms with Crippen molar-refractivity contribution in [2.24, 2.45) is 11.1 Å². The lowest BCUT2D eigenvalue weighted by atomic mass is 9.70.